The van der Waals surface area contributed by atoms with E-state index >= 15 is 0 Å². The van der Waals surface area contributed by atoms with E-state index in [-0.39, 0.29) is 11.6 Å². The molecule has 0 radical (unpaired) electrons. The van der Waals surface area contributed by atoms with Crippen molar-refractivity contribution in [2.75, 3.05) is 0 Å². The van der Waals surface area contributed by atoms with Crippen LogP contribution < -0.4 is 5.73 Å². The summed E-state index contributed by atoms with van der Waals surface area (Å²) in [7, 11) is 0. The molecule has 0 saturated heterocycles. The summed E-state index contributed by atoms with van der Waals surface area (Å²) in [6.07, 6.45) is 1.87. The Kier molecular flexibility index (Phi) is 4.59. The lowest BCUT2D eigenvalue weighted by Gasteiger charge is -2.18. The molecule has 26 heavy (non-hydrogen) atoms. The molecule has 134 valence electrons. The molecule has 0 fully saturated rings. The Morgan fingerprint density at radius 3 is 2.42 bits per heavy atom. The fourth-order valence-corrected chi connectivity index (χ4v) is 3.22. The number of hydrogen-bond donors (Lipinski definition) is 2. The van der Waals surface area contributed by atoms with Gasteiger partial charge in [0.2, 0.25) is 5.91 Å². The second-order valence-corrected chi connectivity index (χ2v) is 6.65. The molecular weight excluding hydrogens is 330 g/mol. The van der Waals surface area contributed by atoms with Gasteiger partial charge in [0.15, 0.2) is 11.6 Å². The maximum Gasteiger partial charge on any atom is 0.248 e. The molecule has 0 aliphatic heterocycles. The quantitative estimate of drug-likeness (QED) is 0.808. The Balaban J connectivity index is 1.72. The number of nitrogens with two attached hydrogens (primary N) is 1. The number of primary amides is 1. The monoisotopic (exact) mass is 351 g/mol. The Bertz CT molecular complexity index is 1010. The second kappa shape index (κ2) is 6.71. The minimum Gasteiger partial charge on any atom is -0.366 e. The van der Waals surface area contributed by atoms with Gasteiger partial charge in [0.05, 0.1) is 11.0 Å². The number of Topliss-reactive ketones (excluding diaryl/α,β-unsaturated/α-hetero) is 2. The maximum atomic E-state index is 12.4. The van der Waals surface area contributed by atoms with Crippen LogP contribution in [0.2, 0.25) is 0 Å². The first-order valence-electron chi connectivity index (χ1n) is 8.54. The molecule has 2 aromatic rings. The van der Waals surface area contributed by atoms with E-state index in [2.05, 4.69) is 9.97 Å². The van der Waals surface area contributed by atoms with E-state index in [1.807, 2.05) is 0 Å². The third kappa shape index (κ3) is 3.10. The van der Waals surface area contributed by atoms with Crippen LogP contribution in [0.25, 0.3) is 11.0 Å². The van der Waals surface area contributed by atoms with Gasteiger partial charge in [-0.05, 0) is 51.8 Å². The Hall–Kier alpha value is -3.02. The van der Waals surface area contributed by atoms with Crippen molar-refractivity contribution in [2.24, 2.45) is 5.73 Å². The average molecular weight is 351 g/mol. The molecule has 3 rings (SSSR count). The van der Waals surface area contributed by atoms with E-state index in [9.17, 15) is 14.4 Å². The molecule has 1 aromatic heterocycles. The van der Waals surface area contributed by atoms with Gasteiger partial charge in [-0.1, -0.05) is 0 Å². The predicted octanol–water partition coefficient (Wildman–Crippen LogP) is 2.79. The highest BCUT2D eigenvalue weighted by molar-refractivity contribution is 6.24. The molecule has 0 spiro atoms. The zero-order chi connectivity index (χ0) is 19.0. The summed E-state index contributed by atoms with van der Waals surface area (Å²) in [5, 5.41) is 0. The van der Waals surface area contributed by atoms with Crippen LogP contribution in [0.4, 0.5) is 0 Å². The molecule has 0 bridgehead atoms. The van der Waals surface area contributed by atoms with Gasteiger partial charge in [-0.25, -0.2) is 4.98 Å². The highest BCUT2D eigenvalue weighted by Gasteiger charge is 2.27. The third-order valence-corrected chi connectivity index (χ3v) is 4.97. The number of fused-ring (bicyclic) bond motifs is 1. The highest BCUT2D eigenvalue weighted by Crippen LogP contribution is 2.27. The largest absolute Gasteiger partial charge is 0.366 e. The molecule has 1 heterocycles. The summed E-state index contributed by atoms with van der Waals surface area (Å²) >= 11 is 0. The van der Waals surface area contributed by atoms with Gasteiger partial charge in [-0.3, -0.25) is 14.4 Å². The van der Waals surface area contributed by atoms with Crippen molar-refractivity contribution in [3.8, 4) is 0 Å². The molecule has 1 aromatic carbocycles. The van der Waals surface area contributed by atoms with Crippen LogP contribution in [-0.4, -0.2) is 27.4 Å². The lowest BCUT2D eigenvalue weighted by atomic mass is 9.84. The van der Waals surface area contributed by atoms with E-state index < -0.39 is 5.91 Å². The molecule has 6 nitrogen and oxygen atoms in total. The number of aryl methyl sites for hydroxylation is 1. The number of aromatic amines is 1. The predicted molar refractivity (Wildman–Crippen MR) is 98.6 cm³/mol. The minimum atomic E-state index is -0.482. The summed E-state index contributed by atoms with van der Waals surface area (Å²) < 4.78 is 0. The topological polar surface area (TPSA) is 106 Å². The van der Waals surface area contributed by atoms with Crippen molar-refractivity contribution in [3.63, 3.8) is 0 Å². The average Bonchev–Trinajstić information content (AvgIpc) is 3.03. The maximum absolute atomic E-state index is 12.4. The standard InChI is InChI=1S/C20H21N3O3/c1-10-11(2)19(25)14(12(3)18(10)24)5-4-6-17-22-15-8-7-13(20(21)26)9-16(15)23-17/h7-9H,4-6H2,1-3H3,(H2,21,26)(H,22,23). The molecule has 1 aliphatic carbocycles. The number of nitrogens with zero attached hydrogens (tertiary/aromatic N) is 1. The fourth-order valence-electron chi connectivity index (χ4n) is 3.22. The number of ketones is 2. The number of carbonyl (C=O) groups excluding carboxylic acids is 3. The van der Waals surface area contributed by atoms with Gasteiger partial charge in [-0.2, -0.15) is 0 Å². The van der Waals surface area contributed by atoms with Crippen molar-refractivity contribution in [3.05, 3.63) is 51.9 Å². The second-order valence-electron chi connectivity index (χ2n) is 6.65. The SMILES string of the molecule is CC1=C(C)C(=O)C(CCCc2nc3ccc(C(N)=O)cc3[nH]2)=C(C)C1=O. The van der Waals surface area contributed by atoms with Gasteiger partial charge in [0, 0.05) is 34.3 Å². The van der Waals surface area contributed by atoms with E-state index in [0.29, 0.717) is 47.1 Å². The Morgan fingerprint density at radius 1 is 1.04 bits per heavy atom. The van der Waals surface area contributed by atoms with Crippen molar-refractivity contribution < 1.29 is 14.4 Å². The summed E-state index contributed by atoms with van der Waals surface area (Å²) in [5.41, 5.74) is 9.47. The van der Waals surface area contributed by atoms with Gasteiger partial charge in [-0.15, -0.1) is 0 Å². The summed E-state index contributed by atoms with van der Waals surface area (Å²) in [5.74, 6) is 0.220. The number of hydrogen-bond acceptors (Lipinski definition) is 4. The number of rotatable bonds is 5. The van der Waals surface area contributed by atoms with Gasteiger partial charge in [0.1, 0.15) is 5.82 Å². The molecular formula is C20H21N3O3. The molecule has 0 saturated carbocycles. The summed E-state index contributed by atoms with van der Waals surface area (Å²) in [6.45, 7) is 5.13. The number of H-pyrrole nitrogens is 1. The molecule has 0 atom stereocenters. The molecule has 3 N–H and O–H groups in total. The lowest BCUT2D eigenvalue weighted by Crippen LogP contribution is -2.20. The van der Waals surface area contributed by atoms with E-state index in [0.717, 1.165) is 16.9 Å². The van der Waals surface area contributed by atoms with Crippen molar-refractivity contribution >= 4 is 28.5 Å². The van der Waals surface area contributed by atoms with Gasteiger partial charge in [0.25, 0.3) is 0 Å². The van der Waals surface area contributed by atoms with Crippen LogP contribution >= 0.6 is 0 Å². The van der Waals surface area contributed by atoms with Crippen molar-refractivity contribution in [1.82, 2.24) is 9.97 Å². The smallest absolute Gasteiger partial charge is 0.248 e. The molecule has 1 amide bonds. The first-order chi connectivity index (χ1) is 12.3. The Labute approximate surface area is 151 Å². The van der Waals surface area contributed by atoms with Crippen molar-refractivity contribution in [1.29, 1.82) is 0 Å². The van der Waals surface area contributed by atoms with Gasteiger partial charge >= 0.3 is 0 Å². The van der Waals surface area contributed by atoms with Crippen LogP contribution in [0.1, 0.15) is 49.8 Å². The molecule has 1 aliphatic rings. The zero-order valence-electron chi connectivity index (χ0n) is 15.1. The first kappa shape index (κ1) is 17.8. The fraction of sp³-hybridized carbons (Fsp3) is 0.300. The van der Waals surface area contributed by atoms with Crippen LogP contribution in [0.5, 0.6) is 0 Å². The summed E-state index contributed by atoms with van der Waals surface area (Å²) in [4.78, 5) is 43.6. The van der Waals surface area contributed by atoms with Crippen LogP contribution in [0, 0.1) is 0 Å². The normalized spacial score (nSPS) is 15.3. The number of nitrogens with one attached hydrogen (secondary N) is 1. The van der Waals surface area contributed by atoms with Crippen LogP contribution in [-0.2, 0) is 16.0 Å². The highest BCUT2D eigenvalue weighted by atomic mass is 16.1. The number of imidazole rings is 1. The van der Waals surface area contributed by atoms with Crippen LogP contribution in [0.15, 0.2) is 40.5 Å². The number of benzene rings is 1. The number of aromatic nitrogens is 2. The van der Waals surface area contributed by atoms with E-state index in [4.69, 9.17) is 5.73 Å². The lowest BCUT2D eigenvalue weighted by molar-refractivity contribution is -0.116. The van der Waals surface area contributed by atoms with Gasteiger partial charge < -0.3 is 10.7 Å². The molecule has 0 unspecified atom stereocenters. The Morgan fingerprint density at radius 2 is 1.73 bits per heavy atom. The van der Waals surface area contributed by atoms with E-state index in [1.54, 1.807) is 39.0 Å². The van der Waals surface area contributed by atoms with E-state index in [1.165, 1.54) is 0 Å². The third-order valence-electron chi connectivity index (χ3n) is 4.97. The molecule has 6 heteroatoms. The van der Waals surface area contributed by atoms with Crippen molar-refractivity contribution in [2.45, 2.75) is 40.0 Å². The first-order valence-corrected chi connectivity index (χ1v) is 8.54. The zero-order valence-corrected chi connectivity index (χ0v) is 15.1. The number of carbonyl (C=O) groups is 3. The number of allylic oxidation sites excluding steroid dienone is 4. The number of amides is 1. The summed E-state index contributed by atoms with van der Waals surface area (Å²) in [6, 6.07) is 5.08. The van der Waals surface area contributed by atoms with Crippen LogP contribution in [0.3, 0.4) is 0 Å². The minimum absolute atomic E-state index is 0.0321.